The molecule has 0 aromatic carbocycles. The summed E-state index contributed by atoms with van der Waals surface area (Å²) in [5.41, 5.74) is 1.39. The van der Waals surface area contributed by atoms with Crippen LogP contribution in [0.3, 0.4) is 0 Å². The van der Waals surface area contributed by atoms with Crippen LogP contribution in [-0.4, -0.2) is 11.8 Å². The third-order valence-electron chi connectivity index (χ3n) is 2.56. The van der Waals surface area contributed by atoms with E-state index in [-0.39, 0.29) is 0 Å². The first-order valence-corrected chi connectivity index (χ1v) is 3.89. The van der Waals surface area contributed by atoms with Crippen molar-refractivity contribution in [3.05, 3.63) is 0 Å². The van der Waals surface area contributed by atoms with Gasteiger partial charge in [0.1, 0.15) is 0 Å². The second-order valence-corrected chi connectivity index (χ2v) is 3.33. The highest BCUT2D eigenvalue weighted by Gasteiger charge is 2.31. The van der Waals surface area contributed by atoms with Crippen LogP contribution in [0.25, 0.3) is 0 Å². The molecule has 1 heterocycles. The zero-order chi connectivity index (χ0) is 6.27. The third-order valence-corrected chi connectivity index (χ3v) is 2.56. The Morgan fingerprint density at radius 3 is 3.11 bits per heavy atom. The molecule has 0 radical (unpaired) electrons. The van der Waals surface area contributed by atoms with Gasteiger partial charge in [0.2, 0.25) is 0 Å². The minimum Gasteiger partial charge on any atom is -0.291 e. The number of hydrogen-bond donors (Lipinski definition) is 0. The van der Waals surface area contributed by atoms with E-state index < -0.39 is 0 Å². The minimum absolute atomic E-state index is 0.741. The van der Waals surface area contributed by atoms with E-state index in [2.05, 4.69) is 11.9 Å². The lowest BCUT2D eigenvalue weighted by Gasteiger charge is -2.03. The van der Waals surface area contributed by atoms with Crippen LogP contribution in [0.5, 0.6) is 0 Å². The molecular formula is C8H13N. The molecule has 1 aliphatic carbocycles. The van der Waals surface area contributed by atoms with Crippen molar-refractivity contribution < 1.29 is 0 Å². The van der Waals surface area contributed by atoms with E-state index >= 15 is 0 Å². The largest absolute Gasteiger partial charge is 0.291 e. The summed E-state index contributed by atoms with van der Waals surface area (Å²) in [5, 5.41) is 0. The summed E-state index contributed by atoms with van der Waals surface area (Å²) >= 11 is 0. The minimum atomic E-state index is 0.741. The quantitative estimate of drug-likeness (QED) is 0.467. The van der Waals surface area contributed by atoms with Crippen LogP contribution in [0.2, 0.25) is 0 Å². The Hall–Kier alpha value is -0.330. The molecule has 2 rings (SSSR count). The summed E-state index contributed by atoms with van der Waals surface area (Å²) in [6, 6.07) is 0.741. The van der Waals surface area contributed by atoms with Crippen molar-refractivity contribution in [2.45, 2.75) is 38.6 Å². The number of rotatable bonds is 0. The monoisotopic (exact) mass is 123 g/mol. The lowest BCUT2D eigenvalue weighted by Crippen LogP contribution is -2.03. The molecule has 1 saturated carbocycles. The molecule has 0 aromatic heterocycles. The first kappa shape index (κ1) is 5.45. The standard InChI is InChI=1S/C8H13N/c1-6-5-7-3-2-4-8(7)9-6/h7-8H,2-5H2,1H3/t7-,8-/m0/s1. The zero-order valence-electron chi connectivity index (χ0n) is 5.93. The Morgan fingerprint density at radius 2 is 2.33 bits per heavy atom. The predicted octanol–water partition coefficient (Wildman–Crippen LogP) is 2.02. The van der Waals surface area contributed by atoms with Gasteiger partial charge in [-0.05, 0) is 32.1 Å². The van der Waals surface area contributed by atoms with Gasteiger partial charge in [0, 0.05) is 5.71 Å². The van der Waals surface area contributed by atoms with Gasteiger partial charge in [0.25, 0.3) is 0 Å². The van der Waals surface area contributed by atoms with E-state index in [4.69, 9.17) is 0 Å². The lowest BCUT2D eigenvalue weighted by atomic mass is 10.0. The van der Waals surface area contributed by atoms with Crippen molar-refractivity contribution in [3.63, 3.8) is 0 Å². The summed E-state index contributed by atoms with van der Waals surface area (Å²) in [7, 11) is 0. The maximum absolute atomic E-state index is 4.57. The van der Waals surface area contributed by atoms with Crippen molar-refractivity contribution in [3.8, 4) is 0 Å². The van der Waals surface area contributed by atoms with E-state index in [0.717, 1.165) is 12.0 Å². The van der Waals surface area contributed by atoms with Crippen molar-refractivity contribution in [1.29, 1.82) is 0 Å². The van der Waals surface area contributed by atoms with Gasteiger partial charge in [-0.25, -0.2) is 0 Å². The summed E-state index contributed by atoms with van der Waals surface area (Å²) in [4.78, 5) is 4.57. The van der Waals surface area contributed by atoms with Crippen LogP contribution in [0, 0.1) is 5.92 Å². The fourth-order valence-corrected chi connectivity index (χ4v) is 2.14. The fourth-order valence-electron chi connectivity index (χ4n) is 2.14. The van der Waals surface area contributed by atoms with E-state index in [1.54, 1.807) is 0 Å². The first-order valence-electron chi connectivity index (χ1n) is 3.89. The molecule has 1 aliphatic heterocycles. The number of fused-ring (bicyclic) bond motifs is 1. The molecule has 0 unspecified atom stereocenters. The Bertz CT molecular complexity index is 149. The average Bonchev–Trinajstić information content (AvgIpc) is 2.22. The molecule has 1 fully saturated rings. The molecule has 0 amide bonds. The highest BCUT2D eigenvalue weighted by Crippen LogP contribution is 2.35. The van der Waals surface area contributed by atoms with Gasteiger partial charge in [-0.15, -0.1) is 0 Å². The molecule has 1 nitrogen and oxygen atoms in total. The molecule has 0 bridgehead atoms. The Kier molecular flexibility index (Phi) is 1.11. The Labute approximate surface area is 56.2 Å². The van der Waals surface area contributed by atoms with Crippen LogP contribution >= 0.6 is 0 Å². The maximum atomic E-state index is 4.57. The van der Waals surface area contributed by atoms with E-state index in [1.807, 2.05) is 0 Å². The SMILES string of the molecule is CC1=N[C@H]2CCC[C@H]2C1. The van der Waals surface area contributed by atoms with Crippen LogP contribution in [0.4, 0.5) is 0 Å². The number of nitrogens with zero attached hydrogens (tertiary/aromatic N) is 1. The highest BCUT2D eigenvalue weighted by atomic mass is 14.9. The Balaban J connectivity index is 2.13. The predicted molar refractivity (Wildman–Crippen MR) is 38.9 cm³/mol. The van der Waals surface area contributed by atoms with Gasteiger partial charge in [0.05, 0.1) is 6.04 Å². The molecular weight excluding hydrogens is 110 g/mol. The molecule has 50 valence electrons. The van der Waals surface area contributed by atoms with Crippen molar-refractivity contribution in [2.75, 3.05) is 0 Å². The third kappa shape index (κ3) is 0.790. The lowest BCUT2D eigenvalue weighted by molar-refractivity contribution is 0.536. The van der Waals surface area contributed by atoms with Crippen LogP contribution < -0.4 is 0 Å². The molecule has 2 aliphatic rings. The van der Waals surface area contributed by atoms with Gasteiger partial charge in [-0.1, -0.05) is 6.42 Å². The van der Waals surface area contributed by atoms with E-state index in [9.17, 15) is 0 Å². The highest BCUT2D eigenvalue weighted by molar-refractivity contribution is 5.84. The smallest absolute Gasteiger partial charge is 0.0530 e. The first-order chi connectivity index (χ1) is 4.36. The molecule has 0 N–H and O–H groups in total. The second-order valence-electron chi connectivity index (χ2n) is 3.33. The van der Waals surface area contributed by atoms with Gasteiger partial charge < -0.3 is 0 Å². The molecule has 0 spiro atoms. The van der Waals surface area contributed by atoms with E-state index in [1.165, 1.54) is 31.4 Å². The van der Waals surface area contributed by atoms with Crippen molar-refractivity contribution >= 4 is 5.71 Å². The summed E-state index contributed by atoms with van der Waals surface area (Å²) in [6.07, 6.45) is 5.52. The van der Waals surface area contributed by atoms with Gasteiger partial charge in [0.15, 0.2) is 0 Å². The van der Waals surface area contributed by atoms with Crippen LogP contribution in [-0.2, 0) is 0 Å². The number of aliphatic imine (C=N–C) groups is 1. The number of hydrogen-bond acceptors (Lipinski definition) is 1. The van der Waals surface area contributed by atoms with Gasteiger partial charge >= 0.3 is 0 Å². The molecule has 0 saturated heterocycles. The van der Waals surface area contributed by atoms with Crippen molar-refractivity contribution in [1.82, 2.24) is 0 Å². The van der Waals surface area contributed by atoms with Gasteiger partial charge in [-0.2, -0.15) is 0 Å². The topological polar surface area (TPSA) is 12.4 Å². The summed E-state index contributed by atoms with van der Waals surface area (Å²) in [6.45, 7) is 2.16. The second kappa shape index (κ2) is 1.83. The fraction of sp³-hybridized carbons (Fsp3) is 0.875. The van der Waals surface area contributed by atoms with Gasteiger partial charge in [-0.3, -0.25) is 4.99 Å². The molecule has 2 atom stereocenters. The summed E-state index contributed by atoms with van der Waals surface area (Å²) < 4.78 is 0. The molecule has 0 aromatic rings. The molecule has 1 heteroatoms. The Morgan fingerprint density at radius 1 is 1.44 bits per heavy atom. The normalized spacial score (nSPS) is 40.8. The average molecular weight is 123 g/mol. The van der Waals surface area contributed by atoms with Crippen molar-refractivity contribution in [2.24, 2.45) is 10.9 Å². The maximum Gasteiger partial charge on any atom is 0.0530 e. The zero-order valence-corrected chi connectivity index (χ0v) is 5.93. The molecule has 9 heavy (non-hydrogen) atoms. The van der Waals surface area contributed by atoms with Crippen LogP contribution in [0.1, 0.15) is 32.6 Å². The van der Waals surface area contributed by atoms with Crippen LogP contribution in [0.15, 0.2) is 4.99 Å². The van der Waals surface area contributed by atoms with E-state index in [0.29, 0.717) is 0 Å². The summed E-state index contributed by atoms with van der Waals surface area (Å²) in [5.74, 6) is 0.949.